The highest BCUT2D eigenvalue weighted by atomic mass is 16.5. The molecule has 1 unspecified atom stereocenters. The molecule has 0 radical (unpaired) electrons. The van der Waals surface area contributed by atoms with Gasteiger partial charge in [0.2, 0.25) is 0 Å². The quantitative estimate of drug-likeness (QED) is 0.364. The van der Waals surface area contributed by atoms with Gasteiger partial charge in [-0.25, -0.2) is 0 Å². The Balaban J connectivity index is 2.13. The molecule has 1 saturated heterocycles. The number of nitrogens with zero attached hydrogens (tertiary/aromatic N) is 2. The molecule has 176 valence electrons. The van der Waals surface area contributed by atoms with E-state index >= 15 is 0 Å². The van der Waals surface area contributed by atoms with Gasteiger partial charge in [0.15, 0.2) is 0 Å². The molecule has 2 aromatic carbocycles. The molecule has 33 heavy (non-hydrogen) atoms. The van der Waals surface area contributed by atoms with E-state index in [-0.39, 0.29) is 11.3 Å². The van der Waals surface area contributed by atoms with Crippen molar-refractivity contribution in [3.05, 3.63) is 70.3 Å². The predicted molar refractivity (Wildman–Crippen MR) is 130 cm³/mol. The number of hydrogen-bond acceptors (Lipinski definition) is 5. The number of likely N-dealkylation sites (N-methyl/N-ethyl adjacent to an activating group) is 1. The van der Waals surface area contributed by atoms with Crippen LogP contribution in [0.1, 0.15) is 55.0 Å². The topological polar surface area (TPSA) is 70.1 Å². The molecule has 1 heterocycles. The van der Waals surface area contributed by atoms with Crippen molar-refractivity contribution in [3.63, 3.8) is 0 Å². The molecule has 1 fully saturated rings. The predicted octanol–water partition coefficient (Wildman–Crippen LogP) is 4.50. The Labute approximate surface area is 196 Å². The molecule has 1 amide bonds. The lowest BCUT2D eigenvalue weighted by molar-refractivity contribution is -0.140. The number of benzene rings is 2. The molecule has 0 aromatic heterocycles. The fourth-order valence-electron chi connectivity index (χ4n) is 4.13. The Kier molecular flexibility index (Phi) is 7.59. The Morgan fingerprint density at radius 1 is 1.12 bits per heavy atom. The number of Topliss-reactive ketones (excluding diaryl/α,β-unsaturated/α-hetero) is 1. The number of amides is 1. The maximum absolute atomic E-state index is 13.2. The molecule has 6 nitrogen and oxygen atoms in total. The monoisotopic (exact) mass is 450 g/mol. The van der Waals surface area contributed by atoms with Crippen LogP contribution < -0.4 is 4.74 Å². The van der Waals surface area contributed by atoms with Crippen molar-refractivity contribution in [3.8, 4) is 5.75 Å². The molecule has 0 aliphatic carbocycles. The molecule has 1 aliphatic rings. The molecule has 3 rings (SSSR count). The van der Waals surface area contributed by atoms with Gasteiger partial charge in [0, 0.05) is 18.7 Å². The van der Waals surface area contributed by atoms with Gasteiger partial charge in [-0.3, -0.25) is 9.59 Å². The zero-order valence-electron chi connectivity index (χ0n) is 20.4. The van der Waals surface area contributed by atoms with E-state index in [1.807, 2.05) is 63.2 Å². The first-order valence-electron chi connectivity index (χ1n) is 11.4. The second-order valence-electron chi connectivity index (χ2n) is 9.03. The third kappa shape index (κ3) is 5.11. The van der Waals surface area contributed by atoms with Gasteiger partial charge < -0.3 is 19.6 Å². The molecule has 0 bridgehead atoms. The Hall–Kier alpha value is -3.12. The second-order valence-corrected chi connectivity index (χ2v) is 9.03. The van der Waals surface area contributed by atoms with Crippen LogP contribution in [0, 0.1) is 6.92 Å². The normalized spacial score (nSPS) is 17.9. The maximum Gasteiger partial charge on any atom is 0.295 e. The fraction of sp³-hybridized carbons (Fsp3) is 0.407. The number of aliphatic hydroxyl groups is 1. The van der Waals surface area contributed by atoms with Gasteiger partial charge in [-0.1, -0.05) is 38.1 Å². The van der Waals surface area contributed by atoms with Gasteiger partial charge in [-0.15, -0.1) is 0 Å². The first-order valence-corrected chi connectivity index (χ1v) is 11.4. The lowest BCUT2D eigenvalue weighted by Gasteiger charge is -2.27. The van der Waals surface area contributed by atoms with E-state index in [1.54, 1.807) is 17.0 Å². The highest BCUT2D eigenvalue weighted by molar-refractivity contribution is 6.46. The summed E-state index contributed by atoms with van der Waals surface area (Å²) >= 11 is 0. The van der Waals surface area contributed by atoms with Crippen molar-refractivity contribution in [2.24, 2.45) is 0 Å². The standard InChI is InChI=1S/C27H34N2O4/c1-7-33-21-12-13-22(18(4)16-21)25(30)23-24(20-10-8-19(9-11-20)17(2)3)29(15-14-28(5)6)27(32)26(23)31/h8-13,16-17,24,30H,7,14-15H2,1-6H3/b25-23+. The van der Waals surface area contributed by atoms with Crippen LogP contribution in [0.25, 0.3) is 5.76 Å². The Bertz CT molecular complexity index is 1050. The molecule has 0 saturated carbocycles. The second kappa shape index (κ2) is 10.2. The van der Waals surface area contributed by atoms with E-state index in [0.717, 1.165) is 11.1 Å². The summed E-state index contributed by atoms with van der Waals surface area (Å²) in [6.07, 6.45) is 0. The third-order valence-corrected chi connectivity index (χ3v) is 6.01. The number of aliphatic hydroxyl groups excluding tert-OH is 1. The van der Waals surface area contributed by atoms with Gasteiger partial charge in [0.05, 0.1) is 18.2 Å². The average molecular weight is 451 g/mol. The lowest BCUT2D eigenvalue weighted by Crippen LogP contribution is -2.35. The van der Waals surface area contributed by atoms with E-state index in [2.05, 4.69) is 13.8 Å². The third-order valence-electron chi connectivity index (χ3n) is 6.01. The van der Waals surface area contributed by atoms with E-state index in [9.17, 15) is 14.7 Å². The van der Waals surface area contributed by atoms with Crippen LogP contribution in [0.5, 0.6) is 5.75 Å². The number of ether oxygens (including phenoxy) is 1. The van der Waals surface area contributed by atoms with Crippen LogP contribution >= 0.6 is 0 Å². The highest BCUT2D eigenvalue weighted by Crippen LogP contribution is 2.40. The van der Waals surface area contributed by atoms with Gasteiger partial charge >= 0.3 is 0 Å². The minimum atomic E-state index is -0.655. The number of carbonyl (C=O) groups is 2. The minimum absolute atomic E-state index is 0.128. The van der Waals surface area contributed by atoms with E-state index in [1.165, 1.54) is 5.56 Å². The molecule has 1 atom stereocenters. The van der Waals surface area contributed by atoms with Crippen molar-refractivity contribution in [2.75, 3.05) is 33.8 Å². The maximum atomic E-state index is 13.2. The smallest absolute Gasteiger partial charge is 0.295 e. The summed E-state index contributed by atoms with van der Waals surface area (Å²) in [5.74, 6) is -0.332. The molecular weight excluding hydrogens is 416 g/mol. The SMILES string of the molecule is CCOc1ccc(/C(O)=C2\C(=O)C(=O)N(CCN(C)C)C2c2ccc(C(C)C)cc2)c(C)c1. The van der Waals surface area contributed by atoms with Crippen LogP contribution in [0.4, 0.5) is 0 Å². The van der Waals surface area contributed by atoms with Gasteiger partial charge in [0.1, 0.15) is 11.5 Å². The number of ketones is 1. The number of carbonyl (C=O) groups excluding carboxylic acids is 2. The van der Waals surface area contributed by atoms with Gasteiger partial charge in [-0.2, -0.15) is 0 Å². The summed E-state index contributed by atoms with van der Waals surface area (Å²) in [4.78, 5) is 29.7. The van der Waals surface area contributed by atoms with Gasteiger partial charge in [0.25, 0.3) is 11.7 Å². The van der Waals surface area contributed by atoms with Crippen LogP contribution in [0.2, 0.25) is 0 Å². The molecule has 2 aromatic rings. The van der Waals surface area contributed by atoms with E-state index in [4.69, 9.17) is 4.74 Å². The number of likely N-dealkylation sites (tertiary alicyclic amines) is 1. The molecule has 0 spiro atoms. The van der Waals surface area contributed by atoms with Crippen LogP contribution in [0.15, 0.2) is 48.0 Å². The fourth-order valence-corrected chi connectivity index (χ4v) is 4.13. The van der Waals surface area contributed by atoms with Crippen molar-refractivity contribution in [1.29, 1.82) is 0 Å². The summed E-state index contributed by atoms with van der Waals surface area (Å²) in [5.41, 5.74) is 3.40. The molecule has 6 heteroatoms. The lowest BCUT2D eigenvalue weighted by atomic mass is 9.92. The minimum Gasteiger partial charge on any atom is -0.507 e. The van der Waals surface area contributed by atoms with E-state index < -0.39 is 17.7 Å². The summed E-state index contributed by atoms with van der Waals surface area (Å²) in [5, 5.41) is 11.3. The van der Waals surface area contributed by atoms with Crippen LogP contribution in [-0.2, 0) is 9.59 Å². The van der Waals surface area contributed by atoms with Crippen molar-refractivity contribution in [1.82, 2.24) is 9.80 Å². The van der Waals surface area contributed by atoms with Crippen molar-refractivity contribution >= 4 is 17.4 Å². The first-order chi connectivity index (χ1) is 15.6. The average Bonchev–Trinajstić information content (AvgIpc) is 3.02. The number of aryl methyl sites for hydroxylation is 1. The molecular formula is C27H34N2O4. The zero-order chi connectivity index (χ0) is 24.3. The molecule has 1 aliphatic heterocycles. The van der Waals surface area contributed by atoms with Crippen molar-refractivity contribution < 1.29 is 19.4 Å². The van der Waals surface area contributed by atoms with Crippen LogP contribution in [0.3, 0.4) is 0 Å². The first kappa shape index (κ1) is 24.5. The summed E-state index contributed by atoms with van der Waals surface area (Å²) in [6, 6.07) is 12.6. The Morgan fingerprint density at radius 3 is 2.33 bits per heavy atom. The van der Waals surface area contributed by atoms with Crippen LogP contribution in [-0.4, -0.2) is 60.4 Å². The summed E-state index contributed by atoms with van der Waals surface area (Å²) in [7, 11) is 3.85. The number of rotatable bonds is 8. The number of hydrogen-bond donors (Lipinski definition) is 1. The Morgan fingerprint density at radius 2 is 1.79 bits per heavy atom. The summed E-state index contributed by atoms with van der Waals surface area (Å²) < 4.78 is 5.55. The van der Waals surface area contributed by atoms with Gasteiger partial charge in [-0.05, 0) is 68.8 Å². The van der Waals surface area contributed by atoms with E-state index in [0.29, 0.717) is 36.9 Å². The zero-order valence-corrected chi connectivity index (χ0v) is 20.4. The summed E-state index contributed by atoms with van der Waals surface area (Å²) in [6.45, 7) is 9.52. The molecule has 1 N–H and O–H groups in total. The highest BCUT2D eigenvalue weighted by Gasteiger charge is 2.46. The largest absolute Gasteiger partial charge is 0.507 e. The van der Waals surface area contributed by atoms with Crippen molar-refractivity contribution in [2.45, 2.75) is 39.7 Å².